The molecule has 0 aliphatic rings. The van der Waals surface area contributed by atoms with Crippen LogP contribution in [0.2, 0.25) is 0 Å². The predicted molar refractivity (Wildman–Crippen MR) is 217 cm³/mol. The zero-order valence-corrected chi connectivity index (χ0v) is 36.8. The van der Waals surface area contributed by atoms with Gasteiger partial charge in [-0.25, -0.2) is 0 Å². The minimum absolute atomic E-state index is 0. The third-order valence-corrected chi connectivity index (χ3v) is 12.6. The van der Waals surface area contributed by atoms with Crippen LogP contribution in [0.15, 0.2) is 72.8 Å². The van der Waals surface area contributed by atoms with Crippen molar-refractivity contribution in [2.45, 2.75) is 175 Å². The second-order valence-corrected chi connectivity index (χ2v) is 16.6. The van der Waals surface area contributed by atoms with E-state index in [9.17, 15) is 0 Å². The second-order valence-electron chi connectivity index (χ2n) is 14.1. The molecule has 0 atom stereocenters. The van der Waals surface area contributed by atoms with Gasteiger partial charge in [0.25, 0.3) is 0 Å². The average Bonchev–Trinajstić information content (AvgIpc) is 3.12. The van der Waals surface area contributed by atoms with Gasteiger partial charge in [-0.05, 0) is 79.1 Å². The quantitative estimate of drug-likeness (QED) is 0.0459. The van der Waals surface area contributed by atoms with Gasteiger partial charge >= 0.3 is 29.6 Å². The van der Waals surface area contributed by atoms with E-state index >= 15 is 0 Å². The molecule has 3 aromatic carbocycles. The molecule has 0 saturated heterocycles. The molecular formula is C45H69NaO3P2-2. The van der Waals surface area contributed by atoms with Crippen molar-refractivity contribution in [1.29, 1.82) is 0 Å². The van der Waals surface area contributed by atoms with E-state index in [4.69, 9.17) is 14.7 Å². The van der Waals surface area contributed by atoms with Crippen molar-refractivity contribution in [3.63, 3.8) is 0 Å². The van der Waals surface area contributed by atoms with Crippen molar-refractivity contribution in [3.8, 4) is 0 Å². The van der Waals surface area contributed by atoms with Gasteiger partial charge in [0.15, 0.2) is 0 Å². The summed E-state index contributed by atoms with van der Waals surface area (Å²) in [7, 11) is -3.98. The van der Waals surface area contributed by atoms with Crippen LogP contribution in [-0.4, -0.2) is 0 Å². The van der Waals surface area contributed by atoms with E-state index in [-0.39, 0.29) is 29.6 Å². The summed E-state index contributed by atoms with van der Waals surface area (Å²) >= 11 is 0. The Morgan fingerprint density at radius 2 is 0.569 bits per heavy atom. The fraction of sp³-hybridized carbons (Fsp3) is 0.600. The molecule has 0 aliphatic heterocycles. The zero-order valence-electron chi connectivity index (χ0n) is 33.0. The van der Waals surface area contributed by atoms with Gasteiger partial charge in [-0.15, -0.1) is 0 Å². The van der Waals surface area contributed by atoms with Crippen molar-refractivity contribution >= 4 is 32.4 Å². The number of rotatable bonds is 27. The molecule has 51 heavy (non-hydrogen) atoms. The Hall–Kier alpha value is -0.600. The van der Waals surface area contributed by atoms with Crippen molar-refractivity contribution in [2.75, 3.05) is 0 Å². The van der Waals surface area contributed by atoms with Gasteiger partial charge < -0.3 is 23.3 Å². The molecule has 6 heteroatoms. The largest absolute Gasteiger partial charge is 1.00 e. The van der Waals surface area contributed by atoms with Crippen molar-refractivity contribution < 1.29 is 44.2 Å². The Balaban J connectivity index is 0.00000246. The molecule has 3 nitrogen and oxygen atoms in total. The maximum atomic E-state index is 8.48. The molecule has 0 aromatic heterocycles. The van der Waals surface area contributed by atoms with E-state index < -0.39 is 16.5 Å². The summed E-state index contributed by atoms with van der Waals surface area (Å²) in [5.74, 6) is 0. The van der Waals surface area contributed by atoms with Crippen LogP contribution in [0.5, 0.6) is 0 Å². The van der Waals surface area contributed by atoms with Gasteiger partial charge in [0.05, 0.1) is 0 Å². The molecule has 3 aromatic rings. The summed E-state index contributed by atoms with van der Waals surface area (Å²) in [4.78, 5) is 25.4. The number of unbranched alkanes of at least 4 members (excludes halogenated alkanes) is 18. The Morgan fingerprint density at radius 3 is 0.824 bits per heavy atom. The van der Waals surface area contributed by atoms with E-state index in [2.05, 4.69) is 93.6 Å². The van der Waals surface area contributed by atoms with E-state index in [0.29, 0.717) is 0 Å². The van der Waals surface area contributed by atoms with Gasteiger partial charge in [-0.1, -0.05) is 209 Å². The third kappa shape index (κ3) is 21.8. The Labute approximate surface area is 338 Å². The third-order valence-electron chi connectivity index (χ3n) is 9.85. The molecule has 0 spiro atoms. The number of aryl methyl sites for hydroxylation is 3. The van der Waals surface area contributed by atoms with Crippen molar-refractivity contribution in [1.82, 2.24) is 0 Å². The van der Waals surface area contributed by atoms with Crippen LogP contribution in [0.1, 0.15) is 172 Å². The molecule has 0 aliphatic carbocycles. The summed E-state index contributed by atoms with van der Waals surface area (Å²) < 4.78 is 0. The Morgan fingerprint density at radius 1 is 0.353 bits per heavy atom. The first-order chi connectivity index (χ1) is 24.5. The monoisotopic (exact) mass is 742 g/mol. The summed E-state index contributed by atoms with van der Waals surface area (Å²) in [6.45, 7) is 6.94. The Kier molecular flexibility index (Phi) is 31.1. The van der Waals surface area contributed by atoms with E-state index in [1.165, 1.54) is 154 Å². The minimum atomic E-state index is -3.37. The van der Waals surface area contributed by atoms with Gasteiger partial charge in [0.1, 0.15) is 0 Å². The average molecular weight is 743 g/mol. The van der Waals surface area contributed by atoms with Crippen LogP contribution in [0.4, 0.5) is 0 Å². The van der Waals surface area contributed by atoms with Crippen molar-refractivity contribution in [2.24, 2.45) is 0 Å². The summed E-state index contributed by atoms with van der Waals surface area (Å²) in [5, 5.41) is 4.84. The first-order valence-corrected chi connectivity index (χ1v) is 22.8. The maximum absolute atomic E-state index is 8.48. The van der Waals surface area contributed by atoms with Crippen LogP contribution in [0.3, 0.4) is 0 Å². The molecular weight excluding hydrogens is 673 g/mol. The predicted octanol–water partition coefficient (Wildman–Crippen LogP) is 7.62. The number of benzene rings is 3. The van der Waals surface area contributed by atoms with Gasteiger partial charge in [-0.2, -0.15) is 0 Å². The van der Waals surface area contributed by atoms with Crippen LogP contribution >= 0.6 is 16.5 Å². The summed E-state index contributed by atoms with van der Waals surface area (Å²) in [5.41, 5.74) is 4.79. The van der Waals surface area contributed by atoms with Crippen LogP contribution in [0.25, 0.3) is 0 Å². The maximum Gasteiger partial charge on any atom is 1.00 e. The molecule has 0 heterocycles. The van der Waals surface area contributed by atoms with Crippen LogP contribution in [-0.2, 0) is 19.3 Å². The molecule has 280 valence electrons. The summed E-state index contributed by atoms with van der Waals surface area (Å²) in [6, 6.07) is 28.7. The van der Waals surface area contributed by atoms with E-state index in [0.717, 1.165) is 0 Å². The van der Waals surface area contributed by atoms with Crippen LogP contribution < -0.4 is 60.2 Å². The van der Waals surface area contributed by atoms with Gasteiger partial charge in [0, 0.05) is 0 Å². The minimum Gasteiger partial charge on any atom is -0.854 e. The molecule has 0 radical (unpaired) electrons. The first kappa shape index (κ1) is 48.4. The molecule has 0 bridgehead atoms. The SMILES string of the molecule is CCCCCCCCCc1ccccc1P(c1ccccc1CCCCCCCCC)c1ccccc1CCCCCCCCC.[Na+].[O-]P([O-])[O-]. The fourth-order valence-electron chi connectivity index (χ4n) is 7.03. The van der Waals surface area contributed by atoms with E-state index in [1.807, 2.05) is 0 Å². The van der Waals surface area contributed by atoms with Crippen LogP contribution in [0, 0.1) is 0 Å². The molecule has 0 saturated carbocycles. The molecule has 0 amide bonds. The standard InChI is InChI=1S/C45H69P.Na.O3P/c1-4-7-10-13-16-19-22-31-40-34-25-28-37-43(40)46(44-38-29-26-35-41(44)32-23-20-17-14-11-8-5-2)45-39-30-27-36-42(45)33-24-21-18-15-12-9-6-3;;1-4(2)3/h25-30,34-39H,4-24,31-33H2,1-3H3;;/q;+1;-3. The first-order valence-electron chi connectivity index (χ1n) is 20.4. The van der Waals surface area contributed by atoms with Crippen molar-refractivity contribution in [3.05, 3.63) is 89.5 Å². The molecule has 0 N–H and O–H groups in total. The Bertz CT molecular complexity index is 1090. The number of hydrogen-bond acceptors (Lipinski definition) is 3. The smallest absolute Gasteiger partial charge is 0.854 e. The van der Waals surface area contributed by atoms with Gasteiger partial charge in [-0.3, -0.25) is 0 Å². The second kappa shape index (κ2) is 32.8. The number of hydrogen-bond donors (Lipinski definition) is 0. The molecule has 0 fully saturated rings. The summed E-state index contributed by atoms with van der Waals surface area (Å²) in [6.07, 6.45) is 32.4. The topological polar surface area (TPSA) is 69.2 Å². The van der Waals surface area contributed by atoms with Gasteiger partial charge in [0.2, 0.25) is 0 Å². The van der Waals surface area contributed by atoms with E-state index in [1.54, 1.807) is 32.6 Å². The molecule has 3 rings (SSSR count). The molecule has 0 unspecified atom stereocenters. The normalized spacial score (nSPS) is 11.1. The zero-order chi connectivity index (χ0) is 36.1. The fourth-order valence-corrected chi connectivity index (χ4v) is 9.93.